The number of carbonyl (C=O) groups excluding carboxylic acids is 1. The highest BCUT2D eigenvalue weighted by Gasteiger charge is 2.33. The van der Waals surface area contributed by atoms with Crippen LogP contribution in [0.25, 0.3) is 5.57 Å². The zero-order valence-corrected chi connectivity index (χ0v) is 15.6. The highest BCUT2D eigenvalue weighted by atomic mass is 32.2. The first kappa shape index (κ1) is 17.2. The summed E-state index contributed by atoms with van der Waals surface area (Å²) in [4.78, 5) is 17.3. The molecule has 3 aliphatic rings. The van der Waals surface area contributed by atoms with E-state index in [0.717, 1.165) is 16.7 Å². The first-order chi connectivity index (χ1) is 13.7. The second-order valence-electron chi connectivity index (χ2n) is 6.93. The molecular formula is C20H17FN4O2S. The van der Waals surface area contributed by atoms with Gasteiger partial charge in [-0.15, -0.1) is 0 Å². The Hall–Kier alpha value is -2.87. The maximum absolute atomic E-state index is 13.5. The van der Waals surface area contributed by atoms with Crippen LogP contribution in [-0.4, -0.2) is 39.2 Å². The molecule has 6 nitrogen and oxygen atoms in total. The molecule has 1 aliphatic carbocycles. The summed E-state index contributed by atoms with van der Waals surface area (Å²) in [6.07, 6.45) is 10.3. The van der Waals surface area contributed by atoms with Crippen LogP contribution in [0.2, 0.25) is 0 Å². The molecule has 2 N–H and O–H groups in total. The number of H-pyrrole nitrogens is 1. The van der Waals surface area contributed by atoms with Gasteiger partial charge in [0.15, 0.2) is 5.17 Å². The number of amides is 1. The second kappa shape index (κ2) is 6.94. The number of hydrogen-bond acceptors (Lipinski definition) is 5. The number of aliphatic imine (C=N–C) groups is 1. The van der Waals surface area contributed by atoms with Crippen molar-refractivity contribution in [2.24, 2.45) is 10.9 Å². The van der Waals surface area contributed by atoms with E-state index in [1.54, 1.807) is 12.3 Å². The maximum atomic E-state index is 13.5. The lowest BCUT2D eigenvalue weighted by Gasteiger charge is -2.24. The van der Waals surface area contributed by atoms with Gasteiger partial charge in [-0.2, -0.15) is 5.10 Å². The smallest absolute Gasteiger partial charge is 0.232 e. The van der Waals surface area contributed by atoms with Crippen molar-refractivity contribution >= 4 is 28.4 Å². The lowest BCUT2D eigenvalue weighted by Crippen LogP contribution is -2.39. The van der Waals surface area contributed by atoms with Crippen LogP contribution in [0.1, 0.15) is 11.1 Å². The molecule has 1 aromatic heterocycles. The highest BCUT2D eigenvalue weighted by molar-refractivity contribution is 8.14. The Labute approximate surface area is 165 Å². The van der Waals surface area contributed by atoms with Gasteiger partial charge in [0, 0.05) is 11.8 Å². The van der Waals surface area contributed by atoms with Crippen molar-refractivity contribution in [2.75, 3.05) is 6.61 Å². The number of fused-ring (bicyclic) bond motifs is 2. The van der Waals surface area contributed by atoms with Gasteiger partial charge in [-0.25, -0.2) is 4.39 Å². The molecule has 5 rings (SSSR count). The van der Waals surface area contributed by atoms with E-state index in [2.05, 4.69) is 26.6 Å². The minimum atomic E-state index is -0.368. The number of allylic oxidation sites excluding steroid dienone is 2. The van der Waals surface area contributed by atoms with E-state index in [1.807, 2.05) is 18.3 Å². The topological polar surface area (TPSA) is 79.4 Å². The second-order valence-corrected chi connectivity index (χ2v) is 8.10. The standard InChI is InChI=1S/C20H17FN4O2S/c21-15-2-4-17-12(6-15)5-13(10-27-17)19(26)25-20-24-16-3-1-11(7-18(16)28-20)14-8-22-23-9-14/h1-4,6-9,13,16,18H,5,10H2,(H,22,23)(H,24,25,26). The number of carbonyl (C=O) groups is 1. The number of nitrogens with zero attached hydrogens (tertiary/aromatic N) is 2. The number of thioether (sulfide) groups is 1. The first-order valence-electron chi connectivity index (χ1n) is 9.01. The molecule has 2 aromatic rings. The van der Waals surface area contributed by atoms with E-state index in [4.69, 9.17) is 4.74 Å². The molecule has 8 heteroatoms. The first-order valence-corrected chi connectivity index (χ1v) is 9.89. The third-order valence-corrected chi connectivity index (χ3v) is 6.15. The Morgan fingerprint density at radius 3 is 3.18 bits per heavy atom. The summed E-state index contributed by atoms with van der Waals surface area (Å²) in [5.74, 6) is -0.197. The number of hydrogen-bond donors (Lipinski definition) is 2. The number of amidine groups is 1. The summed E-state index contributed by atoms with van der Waals surface area (Å²) in [5.41, 5.74) is 2.83. The van der Waals surface area contributed by atoms with Gasteiger partial charge in [-0.05, 0) is 35.8 Å². The van der Waals surface area contributed by atoms with Gasteiger partial charge >= 0.3 is 0 Å². The van der Waals surface area contributed by atoms with Crippen LogP contribution < -0.4 is 10.1 Å². The van der Waals surface area contributed by atoms with Gasteiger partial charge in [-0.3, -0.25) is 14.9 Å². The summed E-state index contributed by atoms with van der Waals surface area (Å²) >= 11 is 1.53. The summed E-state index contributed by atoms with van der Waals surface area (Å²) in [5, 5.41) is 10.5. The molecule has 1 amide bonds. The Morgan fingerprint density at radius 2 is 2.32 bits per heavy atom. The molecular weight excluding hydrogens is 379 g/mol. The zero-order chi connectivity index (χ0) is 19.1. The number of rotatable bonds is 2. The van der Waals surface area contributed by atoms with E-state index < -0.39 is 0 Å². The third kappa shape index (κ3) is 3.24. The Morgan fingerprint density at radius 1 is 1.39 bits per heavy atom. The SMILES string of the molecule is O=C(NC1=NC2C=CC(c3cn[nH]c3)=CC2S1)C1COc2ccc(F)cc2C1. The number of benzene rings is 1. The third-order valence-electron chi connectivity index (χ3n) is 5.03. The van der Waals surface area contributed by atoms with Crippen LogP contribution in [0, 0.1) is 11.7 Å². The number of nitrogens with one attached hydrogen (secondary N) is 2. The van der Waals surface area contributed by atoms with Crippen LogP contribution in [0.4, 0.5) is 4.39 Å². The molecule has 2 aliphatic heterocycles. The molecule has 0 fully saturated rings. The van der Waals surface area contributed by atoms with Gasteiger partial charge in [0.2, 0.25) is 5.91 Å². The highest BCUT2D eigenvalue weighted by Crippen LogP contribution is 2.35. The summed E-state index contributed by atoms with van der Waals surface area (Å²) in [6, 6.07) is 4.41. The largest absolute Gasteiger partial charge is 0.492 e. The van der Waals surface area contributed by atoms with Crippen molar-refractivity contribution in [1.82, 2.24) is 15.5 Å². The molecule has 0 bridgehead atoms. The molecule has 0 spiro atoms. The van der Waals surface area contributed by atoms with Gasteiger partial charge in [-0.1, -0.05) is 30.0 Å². The van der Waals surface area contributed by atoms with E-state index >= 15 is 0 Å². The predicted molar refractivity (Wildman–Crippen MR) is 106 cm³/mol. The Bertz CT molecular complexity index is 1020. The number of ether oxygens (including phenoxy) is 1. The van der Waals surface area contributed by atoms with Crippen molar-refractivity contribution in [1.29, 1.82) is 0 Å². The lowest BCUT2D eigenvalue weighted by molar-refractivity contribution is -0.124. The van der Waals surface area contributed by atoms with Crippen molar-refractivity contribution in [2.45, 2.75) is 17.7 Å². The fourth-order valence-electron chi connectivity index (χ4n) is 3.56. The minimum Gasteiger partial charge on any atom is -0.492 e. The normalized spacial score (nSPS) is 25.2. The lowest BCUT2D eigenvalue weighted by atomic mass is 9.96. The van der Waals surface area contributed by atoms with Crippen LogP contribution in [-0.2, 0) is 11.2 Å². The fourth-order valence-corrected chi connectivity index (χ4v) is 4.67. The zero-order valence-electron chi connectivity index (χ0n) is 14.8. The monoisotopic (exact) mass is 396 g/mol. The number of aromatic nitrogens is 2. The van der Waals surface area contributed by atoms with E-state index in [0.29, 0.717) is 17.3 Å². The molecule has 0 radical (unpaired) electrons. The van der Waals surface area contributed by atoms with Crippen molar-refractivity contribution < 1.29 is 13.9 Å². The van der Waals surface area contributed by atoms with Crippen molar-refractivity contribution in [3.63, 3.8) is 0 Å². The van der Waals surface area contributed by atoms with E-state index in [1.165, 1.54) is 23.9 Å². The quantitative estimate of drug-likeness (QED) is 0.818. The van der Waals surface area contributed by atoms with Gasteiger partial charge in [0.05, 0.1) is 23.4 Å². The van der Waals surface area contributed by atoms with Crippen LogP contribution >= 0.6 is 11.8 Å². The Balaban J connectivity index is 1.24. The predicted octanol–water partition coefficient (Wildman–Crippen LogP) is 2.71. The number of halogens is 1. The number of aromatic amines is 1. The van der Waals surface area contributed by atoms with E-state index in [9.17, 15) is 9.18 Å². The summed E-state index contributed by atoms with van der Waals surface area (Å²) in [6.45, 7) is 0.277. The van der Waals surface area contributed by atoms with Gasteiger partial charge in [0.25, 0.3) is 0 Å². The molecule has 28 heavy (non-hydrogen) atoms. The fraction of sp³-hybridized carbons (Fsp3) is 0.250. The van der Waals surface area contributed by atoms with Crippen molar-refractivity contribution in [3.8, 4) is 5.75 Å². The average molecular weight is 396 g/mol. The summed E-state index contributed by atoms with van der Waals surface area (Å²) < 4.78 is 19.1. The molecule has 3 unspecified atom stereocenters. The van der Waals surface area contributed by atoms with Crippen LogP contribution in [0.15, 0.2) is 53.8 Å². The van der Waals surface area contributed by atoms with E-state index in [-0.39, 0.29) is 35.5 Å². The maximum Gasteiger partial charge on any atom is 0.232 e. The Kier molecular flexibility index (Phi) is 4.27. The van der Waals surface area contributed by atoms with Crippen LogP contribution in [0.5, 0.6) is 5.75 Å². The molecule has 3 heterocycles. The molecule has 0 saturated carbocycles. The minimum absolute atomic E-state index is 0.00776. The molecule has 0 saturated heterocycles. The van der Waals surface area contributed by atoms with Gasteiger partial charge in [0.1, 0.15) is 18.2 Å². The summed E-state index contributed by atoms with van der Waals surface area (Å²) in [7, 11) is 0. The van der Waals surface area contributed by atoms with Crippen molar-refractivity contribution in [3.05, 3.63) is 65.8 Å². The van der Waals surface area contributed by atoms with Gasteiger partial charge < -0.3 is 10.1 Å². The molecule has 3 atom stereocenters. The molecule has 1 aromatic carbocycles. The average Bonchev–Trinajstić information content (AvgIpc) is 3.36. The van der Waals surface area contributed by atoms with Crippen LogP contribution in [0.3, 0.4) is 0 Å². The molecule has 142 valence electrons.